The van der Waals surface area contributed by atoms with Gasteiger partial charge in [-0.25, -0.2) is 13.2 Å². The third-order valence-corrected chi connectivity index (χ3v) is 7.34. The summed E-state index contributed by atoms with van der Waals surface area (Å²) >= 11 is 0. The van der Waals surface area contributed by atoms with Crippen LogP contribution in [0.1, 0.15) is 59.2 Å². The quantitative estimate of drug-likeness (QED) is 0.689. The summed E-state index contributed by atoms with van der Waals surface area (Å²) in [5, 5.41) is 0. The first kappa shape index (κ1) is 21.3. The zero-order chi connectivity index (χ0) is 21.0. The highest BCUT2D eigenvalue weighted by Crippen LogP contribution is 2.28. The highest BCUT2D eigenvalue weighted by Gasteiger charge is 2.38. The van der Waals surface area contributed by atoms with Crippen molar-refractivity contribution in [2.45, 2.75) is 50.6 Å². The second kappa shape index (κ2) is 8.94. The monoisotopic (exact) mass is 422 g/mol. The summed E-state index contributed by atoms with van der Waals surface area (Å²) < 4.78 is 29.0. The Labute approximate surface area is 170 Å². The fourth-order valence-corrected chi connectivity index (χ4v) is 5.83. The van der Waals surface area contributed by atoms with E-state index in [2.05, 4.69) is 0 Å². The van der Waals surface area contributed by atoms with Gasteiger partial charge in [0, 0.05) is 17.6 Å². The number of amides is 2. The molecule has 158 valence electrons. The fraction of sp³-hybridized carbons (Fsp3) is 0.550. The van der Waals surface area contributed by atoms with Crippen LogP contribution in [0.5, 0.6) is 0 Å². The van der Waals surface area contributed by atoms with Crippen molar-refractivity contribution in [2.75, 3.05) is 18.1 Å². The van der Waals surface area contributed by atoms with Gasteiger partial charge in [-0.3, -0.25) is 9.59 Å². The first-order valence-electron chi connectivity index (χ1n) is 9.85. The Morgan fingerprint density at radius 1 is 0.966 bits per heavy atom. The Hall–Kier alpha value is -2.42. The van der Waals surface area contributed by atoms with Crippen LogP contribution in [0.25, 0.3) is 0 Å². The number of esters is 1. The number of sulfone groups is 1. The predicted octanol–water partition coefficient (Wildman–Crippen LogP) is 1.29. The second-order valence-electron chi connectivity index (χ2n) is 7.67. The number of benzene rings is 1. The maximum atomic E-state index is 12.9. The predicted molar refractivity (Wildman–Crippen MR) is 106 cm³/mol. The van der Waals surface area contributed by atoms with E-state index in [4.69, 9.17) is 10.5 Å². The van der Waals surface area contributed by atoms with Gasteiger partial charge < -0.3 is 15.4 Å². The summed E-state index contributed by atoms with van der Waals surface area (Å²) in [7, 11) is -3.14. The van der Waals surface area contributed by atoms with Gasteiger partial charge in [-0.05, 0) is 43.5 Å². The summed E-state index contributed by atoms with van der Waals surface area (Å²) in [6.07, 6.45) is 5.21. The average molecular weight is 423 g/mol. The molecule has 1 saturated carbocycles. The number of nitrogens with two attached hydrogens (primary N) is 1. The largest absolute Gasteiger partial charge is 0.452 e. The molecule has 0 spiro atoms. The third kappa shape index (κ3) is 5.35. The molecule has 29 heavy (non-hydrogen) atoms. The zero-order valence-electron chi connectivity index (χ0n) is 16.2. The Kier molecular flexibility index (Phi) is 6.56. The van der Waals surface area contributed by atoms with Crippen molar-refractivity contribution in [1.82, 2.24) is 4.90 Å². The van der Waals surface area contributed by atoms with Crippen LogP contribution in [0, 0.1) is 0 Å². The number of hydrogen-bond donors (Lipinski definition) is 1. The van der Waals surface area contributed by atoms with Gasteiger partial charge in [0.15, 0.2) is 16.4 Å². The lowest BCUT2D eigenvalue weighted by Gasteiger charge is -2.38. The molecule has 2 fully saturated rings. The number of ether oxygens (including phenoxy) is 1. The van der Waals surface area contributed by atoms with Crippen LogP contribution in [0.4, 0.5) is 0 Å². The number of rotatable bonds is 6. The van der Waals surface area contributed by atoms with Crippen LogP contribution in [0.15, 0.2) is 24.3 Å². The SMILES string of the molecule is NC(=O)c1ccc(C(=O)OCC(=O)N(C2CCCCC2)C2CCS(=O)(=O)C2)cc1. The molecule has 2 amide bonds. The summed E-state index contributed by atoms with van der Waals surface area (Å²) in [6.45, 7) is -0.441. The molecule has 1 atom stereocenters. The molecule has 0 radical (unpaired) electrons. The standard InChI is InChI=1S/C20H26N2O6S/c21-19(24)14-6-8-15(9-7-14)20(25)28-12-18(23)22(16-4-2-1-3-5-16)17-10-11-29(26,27)13-17/h6-9,16-17H,1-5,10-13H2,(H2,21,24). The Morgan fingerprint density at radius 3 is 2.14 bits per heavy atom. The minimum Gasteiger partial charge on any atom is -0.452 e. The van der Waals surface area contributed by atoms with E-state index in [9.17, 15) is 22.8 Å². The molecule has 2 N–H and O–H groups in total. The van der Waals surface area contributed by atoms with Crippen LogP contribution >= 0.6 is 0 Å². The molecule has 1 saturated heterocycles. The minimum absolute atomic E-state index is 0.0110. The number of carbonyl (C=O) groups excluding carboxylic acids is 3. The third-order valence-electron chi connectivity index (χ3n) is 5.59. The van der Waals surface area contributed by atoms with Crippen LogP contribution in [0.2, 0.25) is 0 Å². The van der Waals surface area contributed by atoms with E-state index < -0.39 is 28.3 Å². The van der Waals surface area contributed by atoms with Crippen LogP contribution in [0.3, 0.4) is 0 Å². The normalized spacial score (nSPS) is 21.4. The average Bonchev–Trinajstić information content (AvgIpc) is 3.06. The van der Waals surface area contributed by atoms with Crippen LogP contribution < -0.4 is 5.73 Å². The number of hydrogen-bond acceptors (Lipinski definition) is 6. The van der Waals surface area contributed by atoms with Crippen molar-refractivity contribution >= 4 is 27.6 Å². The molecule has 2 aliphatic rings. The molecular formula is C20H26N2O6S. The van der Waals surface area contributed by atoms with Gasteiger partial charge in [0.2, 0.25) is 5.91 Å². The van der Waals surface area contributed by atoms with E-state index in [0.717, 1.165) is 32.1 Å². The van der Waals surface area contributed by atoms with Crippen LogP contribution in [-0.4, -0.2) is 61.3 Å². The van der Waals surface area contributed by atoms with Crippen molar-refractivity contribution < 1.29 is 27.5 Å². The number of carbonyl (C=O) groups is 3. The Balaban J connectivity index is 1.66. The highest BCUT2D eigenvalue weighted by atomic mass is 32.2. The molecule has 1 aliphatic carbocycles. The van der Waals surface area contributed by atoms with Gasteiger partial charge in [-0.2, -0.15) is 0 Å². The van der Waals surface area contributed by atoms with Crippen molar-refractivity contribution in [3.05, 3.63) is 35.4 Å². The maximum absolute atomic E-state index is 12.9. The second-order valence-corrected chi connectivity index (χ2v) is 9.90. The zero-order valence-corrected chi connectivity index (χ0v) is 17.0. The molecule has 8 nitrogen and oxygen atoms in total. The molecule has 0 bridgehead atoms. The van der Waals surface area contributed by atoms with E-state index in [1.54, 1.807) is 4.90 Å². The van der Waals surface area contributed by atoms with Gasteiger partial charge in [0.1, 0.15) is 0 Å². The lowest BCUT2D eigenvalue weighted by atomic mass is 9.93. The molecule has 9 heteroatoms. The van der Waals surface area contributed by atoms with E-state index in [-0.39, 0.29) is 40.6 Å². The minimum atomic E-state index is -3.14. The van der Waals surface area contributed by atoms with E-state index in [1.165, 1.54) is 24.3 Å². The number of nitrogens with zero attached hydrogens (tertiary/aromatic N) is 1. The van der Waals surface area contributed by atoms with Crippen LogP contribution in [-0.2, 0) is 19.4 Å². The Morgan fingerprint density at radius 2 is 1.59 bits per heavy atom. The molecule has 1 unspecified atom stereocenters. The van der Waals surface area contributed by atoms with Gasteiger partial charge in [-0.15, -0.1) is 0 Å². The molecule has 0 aromatic heterocycles. The van der Waals surface area contributed by atoms with Gasteiger partial charge in [0.25, 0.3) is 5.91 Å². The summed E-state index contributed by atoms with van der Waals surface area (Å²) in [6, 6.07) is 5.29. The van der Waals surface area contributed by atoms with Gasteiger partial charge in [0.05, 0.1) is 17.1 Å². The first-order valence-corrected chi connectivity index (χ1v) is 11.7. The fourth-order valence-electron chi connectivity index (χ4n) is 4.12. The molecule has 1 aromatic carbocycles. The van der Waals surface area contributed by atoms with Crippen molar-refractivity contribution in [3.8, 4) is 0 Å². The lowest BCUT2D eigenvalue weighted by Crippen LogP contribution is -2.50. The van der Waals surface area contributed by atoms with E-state index in [1.807, 2.05) is 0 Å². The summed E-state index contributed by atoms with van der Waals surface area (Å²) in [5.41, 5.74) is 5.64. The molecule has 3 rings (SSSR count). The number of primary amides is 1. The van der Waals surface area contributed by atoms with Gasteiger partial charge >= 0.3 is 5.97 Å². The maximum Gasteiger partial charge on any atom is 0.338 e. The summed E-state index contributed by atoms with van der Waals surface area (Å²) in [5.74, 6) is -1.59. The van der Waals surface area contributed by atoms with Crippen molar-refractivity contribution in [1.29, 1.82) is 0 Å². The smallest absolute Gasteiger partial charge is 0.338 e. The van der Waals surface area contributed by atoms with Gasteiger partial charge in [-0.1, -0.05) is 19.3 Å². The molecule has 1 aromatic rings. The van der Waals surface area contributed by atoms with Crippen molar-refractivity contribution in [2.24, 2.45) is 5.73 Å². The Bertz CT molecular complexity index is 875. The molecular weight excluding hydrogens is 396 g/mol. The molecule has 1 heterocycles. The first-order chi connectivity index (χ1) is 13.8. The summed E-state index contributed by atoms with van der Waals surface area (Å²) in [4.78, 5) is 37.9. The van der Waals surface area contributed by atoms with E-state index >= 15 is 0 Å². The highest BCUT2D eigenvalue weighted by molar-refractivity contribution is 7.91. The topological polar surface area (TPSA) is 124 Å². The lowest BCUT2D eigenvalue weighted by molar-refractivity contribution is -0.140. The van der Waals surface area contributed by atoms with E-state index in [0.29, 0.717) is 6.42 Å². The molecule has 1 aliphatic heterocycles. The van der Waals surface area contributed by atoms with Crippen molar-refractivity contribution in [3.63, 3.8) is 0 Å².